The minimum absolute atomic E-state index is 0.203. The number of hydrogen-bond donors (Lipinski definition) is 0. The van der Waals surface area contributed by atoms with Crippen molar-refractivity contribution in [1.29, 1.82) is 5.26 Å². The molecule has 0 saturated carbocycles. The van der Waals surface area contributed by atoms with E-state index in [0.29, 0.717) is 6.61 Å². The highest BCUT2D eigenvalue weighted by Gasteiger charge is 2.42. The van der Waals surface area contributed by atoms with Gasteiger partial charge in [-0.3, -0.25) is 4.79 Å². The summed E-state index contributed by atoms with van der Waals surface area (Å²) >= 11 is 0. The SMILES string of the molecule is CCCCCCCCCCCCC(CCCC)(CCCCCC)C(C#N)C(=O)OCC. The smallest absolute Gasteiger partial charge is 0.323 e. The maximum absolute atomic E-state index is 12.7. The van der Waals surface area contributed by atoms with Crippen LogP contribution in [-0.2, 0) is 9.53 Å². The van der Waals surface area contributed by atoms with Crippen LogP contribution in [0.2, 0.25) is 0 Å². The Bertz CT molecular complexity index is 456. The maximum Gasteiger partial charge on any atom is 0.323 e. The first kappa shape index (κ1) is 30.0. The number of rotatable bonds is 22. The fourth-order valence-electron chi connectivity index (χ4n) is 4.87. The van der Waals surface area contributed by atoms with Gasteiger partial charge >= 0.3 is 5.97 Å². The normalized spacial score (nSPS) is 14.0. The molecule has 0 N–H and O–H groups in total. The van der Waals surface area contributed by atoms with E-state index in [9.17, 15) is 10.1 Å². The van der Waals surface area contributed by atoms with E-state index in [1.165, 1.54) is 77.0 Å². The third-order valence-corrected chi connectivity index (χ3v) is 6.85. The molecular formula is C28H53NO2. The molecule has 0 aliphatic heterocycles. The molecule has 0 fully saturated rings. The highest BCUT2D eigenvalue weighted by molar-refractivity contribution is 5.76. The van der Waals surface area contributed by atoms with Crippen molar-refractivity contribution in [2.75, 3.05) is 6.61 Å². The van der Waals surface area contributed by atoms with Crippen molar-refractivity contribution in [1.82, 2.24) is 0 Å². The van der Waals surface area contributed by atoms with Gasteiger partial charge in [0.15, 0.2) is 0 Å². The van der Waals surface area contributed by atoms with E-state index in [0.717, 1.165) is 44.9 Å². The van der Waals surface area contributed by atoms with Crippen molar-refractivity contribution in [3.63, 3.8) is 0 Å². The van der Waals surface area contributed by atoms with Crippen LogP contribution < -0.4 is 0 Å². The van der Waals surface area contributed by atoms with Crippen molar-refractivity contribution in [3.8, 4) is 6.07 Å². The fourth-order valence-corrected chi connectivity index (χ4v) is 4.87. The predicted molar refractivity (Wildman–Crippen MR) is 133 cm³/mol. The summed E-state index contributed by atoms with van der Waals surface area (Å²) in [6.45, 7) is 8.89. The van der Waals surface area contributed by atoms with Gasteiger partial charge in [-0.15, -0.1) is 0 Å². The van der Waals surface area contributed by atoms with Crippen LogP contribution in [0.15, 0.2) is 0 Å². The molecule has 182 valence electrons. The summed E-state index contributed by atoms with van der Waals surface area (Å²) in [6, 6.07) is 2.39. The van der Waals surface area contributed by atoms with Crippen LogP contribution in [0.3, 0.4) is 0 Å². The second-order valence-corrected chi connectivity index (χ2v) is 9.52. The number of esters is 1. The fraction of sp³-hybridized carbons (Fsp3) is 0.929. The van der Waals surface area contributed by atoms with E-state index >= 15 is 0 Å². The minimum atomic E-state index is -0.612. The number of unbranched alkanes of at least 4 members (excludes halogenated alkanes) is 13. The summed E-state index contributed by atoms with van der Waals surface area (Å²) in [6.07, 6.45) is 23.0. The molecule has 0 aliphatic carbocycles. The van der Waals surface area contributed by atoms with E-state index in [1.54, 1.807) is 0 Å². The zero-order valence-corrected chi connectivity index (χ0v) is 21.5. The van der Waals surface area contributed by atoms with Crippen molar-refractivity contribution < 1.29 is 9.53 Å². The molecule has 2 atom stereocenters. The van der Waals surface area contributed by atoms with Crippen LogP contribution in [0.4, 0.5) is 0 Å². The molecule has 3 nitrogen and oxygen atoms in total. The summed E-state index contributed by atoms with van der Waals surface area (Å²) < 4.78 is 5.35. The lowest BCUT2D eigenvalue weighted by atomic mass is 9.66. The first-order valence-corrected chi connectivity index (χ1v) is 13.7. The predicted octanol–water partition coefficient (Wildman–Crippen LogP) is 9.15. The van der Waals surface area contributed by atoms with Crippen LogP contribution in [0, 0.1) is 22.7 Å². The molecule has 31 heavy (non-hydrogen) atoms. The number of hydrogen-bond acceptors (Lipinski definition) is 3. The standard InChI is InChI=1S/C28H53NO2/c1-5-9-12-14-15-16-17-18-19-21-24-28(22-11-7-3,23-20-13-10-6-2)26(25-29)27(30)31-8-4/h26H,5-24H2,1-4H3. The van der Waals surface area contributed by atoms with Gasteiger partial charge in [-0.2, -0.15) is 5.26 Å². The number of nitriles is 1. The Morgan fingerprint density at radius 1 is 0.677 bits per heavy atom. The quantitative estimate of drug-likeness (QED) is 0.126. The van der Waals surface area contributed by atoms with Crippen molar-refractivity contribution in [2.24, 2.45) is 11.3 Å². The Kier molecular flexibility index (Phi) is 20.1. The van der Waals surface area contributed by atoms with E-state index < -0.39 is 5.92 Å². The molecule has 0 heterocycles. The highest BCUT2D eigenvalue weighted by atomic mass is 16.5. The Labute approximate surface area is 194 Å². The van der Waals surface area contributed by atoms with Crippen LogP contribution in [-0.4, -0.2) is 12.6 Å². The van der Waals surface area contributed by atoms with Gasteiger partial charge in [0, 0.05) is 0 Å². The highest BCUT2D eigenvalue weighted by Crippen LogP contribution is 2.44. The van der Waals surface area contributed by atoms with E-state index in [-0.39, 0.29) is 11.4 Å². The summed E-state index contributed by atoms with van der Waals surface area (Å²) in [5.41, 5.74) is -0.203. The molecule has 0 rings (SSSR count). The Balaban J connectivity index is 4.85. The van der Waals surface area contributed by atoms with Gasteiger partial charge < -0.3 is 4.74 Å². The second kappa shape index (κ2) is 20.8. The van der Waals surface area contributed by atoms with Crippen molar-refractivity contribution in [2.45, 2.75) is 150 Å². The van der Waals surface area contributed by atoms with Gasteiger partial charge in [0.05, 0.1) is 12.7 Å². The van der Waals surface area contributed by atoms with E-state index in [2.05, 4.69) is 26.8 Å². The summed E-state index contributed by atoms with van der Waals surface area (Å²) in [4.78, 5) is 12.7. The number of nitrogens with zero attached hydrogens (tertiary/aromatic N) is 1. The second-order valence-electron chi connectivity index (χ2n) is 9.52. The zero-order chi connectivity index (χ0) is 23.2. The molecule has 0 aromatic carbocycles. The first-order valence-electron chi connectivity index (χ1n) is 13.7. The number of carbonyl (C=O) groups excluding carboxylic acids is 1. The largest absolute Gasteiger partial charge is 0.465 e. The molecule has 0 aromatic rings. The average Bonchev–Trinajstić information content (AvgIpc) is 2.77. The lowest BCUT2D eigenvalue weighted by Crippen LogP contribution is -2.36. The summed E-state index contributed by atoms with van der Waals surface area (Å²) in [5.74, 6) is -0.900. The Hall–Kier alpha value is -1.04. The lowest BCUT2D eigenvalue weighted by Gasteiger charge is -2.37. The number of carbonyl (C=O) groups is 1. The lowest BCUT2D eigenvalue weighted by molar-refractivity contribution is -0.151. The third-order valence-electron chi connectivity index (χ3n) is 6.85. The molecule has 0 saturated heterocycles. The molecule has 0 spiro atoms. The molecule has 0 aromatic heterocycles. The Morgan fingerprint density at radius 3 is 1.48 bits per heavy atom. The number of ether oxygens (including phenoxy) is 1. The molecule has 0 radical (unpaired) electrons. The summed E-state index contributed by atoms with van der Waals surface area (Å²) in [7, 11) is 0. The maximum atomic E-state index is 12.7. The topological polar surface area (TPSA) is 50.1 Å². The molecule has 0 amide bonds. The van der Waals surface area contributed by atoms with Crippen LogP contribution in [0.1, 0.15) is 150 Å². The van der Waals surface area contributed by atoms with Gasteiger partial charge in [0.25, 0.3) is 0 Å². The van der Waals surface area contributed by atoms with Crippen LogP contribution in [0.5, 0.6) is 0 Å². The molecule has 0 aliphatic rings. The van der Waals surface area contributed by atoms with Gasteiger partial charge in [0.2, 0.25) is 0 Å². The van der Waals surface area contributed by atoms with Gasteiger partial charge in [-0.05, 0) is 31.6 Å². The van der Waals surface area contributed by atoms with Gasteiger partial charge in [-0.1, -0.05) is 124 Å². The van der Waals surface area contributed by atoms with Crippen molar-refractivity contribution in [3.05, 3.63) is 0 Å². The molecule has 3 heteroatoms. The minimum Gasteiger partial charge on any atom is -0.465 e. The zero-order valence-electron chi connectivity index (χ0n) is 21.5. The first-order chi connectivity index (χ1) is 15.1. The molecular weight excluding hydrogens is 382 g/mol. The van der Waals surface area contributed by atoms with Crippen molar-refractivity contribution >= 4 is 5.97 Å². The van der Waals surface area contributed by atoms with Gasteiger partial charge in [0.1, 0.15) is 5.92 Å². The van der Waals surface area contributed by atoms with Crippen LogP contribution in [0.25, 0.3) is 0 Å². The van der Waals surface area contributed by atoms with E-state index in [4.69, 9.17) is 4.74 Å². The van der Waals surface area contributed by atoms with E-state index in [1.807, 2.05) is 6.92 Å². The third kappa shape index (κ3) is 13.9. The molecule has 2 unspecified atom stereocenters. The Morgan fingerprint density at radius 2 is 1.06 bits per heavy atom. The van der Waals surface area contributed by atoms with Crippen LogP contribution >= 0.6 is 0 Å². The average molecular weight is 436 g/mol. The summed E-state index contributed by atoms with van der Waals surface area (Å²) in [5, 5.41) is 9.97. The van der Waals surface area contributed by atoms with Gasteiger partial charge in [-0.25, -0.2) is 0 Å². The monoisotopic (exact) mass is 435 g/mol. The molecule has 0 bridgehead atoms.